The van der Waals surface area contributed by atoms with Crippen molar-refractivity contribution in [1.29, 1.82) is 0 Å². The Kier molecular flexibility index (Phi) is 2.49. The molecule has 1 aromatic carbocycles. The molecule has 0 aliphatic carbocycles. The Hall–Kier alpha value is -2.08. The second-order valence-electron chi connectivity index (χ2n) is 3.03. The lowest BCUT2D eigenvalue weighted by Gasteiger charge is -2.00. The highest BCUT2D eigenvalue weighted by Gasteiger charge is 2.16. The van der Waals surface area contributed by atoms with E-state index >= 15 is 0 Å². The minimum atomic E-state index is -0.521. The van der Waals surface area contributed by atoms with Crippen LogP contribution in [0.15, 0.2) is 28.9 Å². The Labute approximate surface area is 94.7 Å². The van der Waals surface area contributed by atoms with Crippen LogP contribution in [0.25, 0.3) is 11.3 Å². The summed E-state index contributed by atoms with van der Waals surface area (Å²) < 4.78 is 4.88. The molecule has 2 N–H and O–H groups in total. The number of nitrogens with two attached hydrogens (primary N) is 1. The highest BCUT2D eigenvalue weighted by Crippen LogP contribution is 2.34. The number of non-ortho nitro benzene ring substituents is 1. The van der Waals surface area contributed by atoms with E-state index in [2.05, 4.69) is 5.16 Å². The number of benzene rings is 1. The van der Waals surface area contributed by atoms with Gasteiger partial charge in [-0.1, -0.05) is 16.8 Å². The van der Waals surface area contributed by atoms with Crippen molar-refractivity contribution in [3.8, 4) is 11.3 Å². The summed E-state index contributed by atoms with van der Waals surface area (Å²) in [5.41, 5.74) is 6.13. The molecule has 0 radical (unpaired) electrons. The third-order valence-corrected chi connectivity index (χ3v) is 2.33. The fraction of sp³-hybridized carbons (Fsp3) is 0. The van der Waals surface area contributed by atoms with Crippen molar-refractivity contribution in [3.05, 3.63) is 39.5 Å². The molecule has 2 rings (SSSR count). The molecule has 7 heteroatoms. The lowest BCUT2D eigenvalue weighted by atomic mass is 10.1. The lowest BCUT2D eigenvalue weighted by molar-refractivity contribution is -0.384. The molecule has 16 heavy (non-hydrogen) atoms. The van der Waals surface area contributed by atoms with E-state index in [0.717, 1.165) is 0 Å². The molecular weight excluding hydrogens is 234 g/mol. The van der Waals surface area contributed by atoms with Crippen LogP contribution in [0, 0.1) is 10.1 Å². The number of nitrogen functional groups attached to an aromatic ring is 1. The summed E-state index contributed by atoms with van der Waals surface area (Å²) >= 11 is 5.90. The number of hydrogen-bond donors (Lipinski definition) is 1. The number of nitro benzene ring substituents is 1. The second-order valence-corrected chi connectivity index (χ2v) is 3.44. The average Bonchev–Trinajstić information content (AvgIpc) is 2.65. The van der Waals surface area contributed by atoms with Crippen molar-refractivity contribution in [2.45, 2.75) is 0 Å². The smallest absolute Gasteiger partial charge is 0.270 e. The van der Waals surface area contributed by atoms with Gasteiger partial charge in [0, 0.05) is 17.7 Å². The number of halogens is 1. The molecule has 0 unspecified atom stereocenters. The predicted octanol–water partition coefficient (Wildman–Crippen LogP) is 2.49. The zero-order chi connectivity index (χ0) is 11.7. The molecule has 1 heterocycles. The van der Waals surface area contributed by atoms with Gasteiger partial charge in [-0.25, -0.2) is 0 Å². The first-order valence-electron chi connectivity index (χ1n) is 4.24. The molecular formula is C9H6ClN3O3. The van der Waals surface area contributed by atoms with Crippen LogP contribution in [0.5, 0.6) is 0 Å². The minimum absolute atomic E-state index is 0.0878. The number of anilines is 1. The van der Waals surface area contributed by atoms with Crippen LogP contribution in [-0.2, 0) is 0 Å². The Morgan fingerprint density at radius 1 is 1.50 bits per heavy atom. The monoisotopic (exact) mass is 239 g/mol. The van der Waals surface area contributed by atoms with Crippen molar-refractivity contribution < 1.29 is 9.45 Å². The van der Waals surface area contributed by atoms with E-state index in [1.165, 1.54) is 24.4 Å². The highest BCUT2D eigenvalue weighted by atomic mass is 35.5. The Bertz CT molecular complexity index is 553. The molecule has 0 aliphatic rings. The summed E-state index contributed by atoms with van der Waals surface area (Å²) in [6, 6.07) is 4.01. The fourth-order valence-electron chi connectivity index (χ4n) is 1.25. The molecule has 0 spiro atoms. The van der Waals surface area contributed by atoms with Crippen molar-refractivity contribution in [1.82, 2.24) is 5.16 Å². The van der Waals surface area contributed by atoms with Crippen LogP contribution < -0.4 is 5.73 Å². The molecule has 0 aliphatic heterocycles. The Balaban J connectivity index is 2.60. The van der Waals surface area contributed by atoms with Crippen LogP contribution in [0.4, 0.5) is 11.4 Å². The third kappa shape index (κ3) is 1.70. The molecule has 2 aromatic rings. The van der Waals surface area contributed by atoms with E-state index in [-0.39, 0.29) is 17.1 Å². The summed E-state index contributed by atoms with van der Waals surface area (Å²) in [5.74, 6) is 0.230. The summed E-state index contributed by atoms with van der Waals surface area (Å²) in [7, 11) is 0. The molecule has 0 amide bonds. The fourth-order valence-corrected chi connectivity index (χ4v) is 1.46. The summed E-state index contributed by atoms with van der Waals surface area (Å²) in [6.45, 7) is 0. The van der Waals surface area contributed by atoms with E-state index in [1.54, 1.807) is 0 Å². The maximum Gasteiger partial charge on any atom is 0.270 e. The quantitative estimate of drug-likeness (QED) is 0.642. The van der Waals surface area contributed by atoms with Gasteiger partial charge in [-0.2, -0.15) is 0 Å². The molecule has 0 saturated carbocycles. The van der Waals surface area contributed by atoms with Gasteiger partial charge in [-0.15, -0.1) is 0 Å². The van der Waals surface area contributed by atoms with Gasteiger partial charge in [0.05, 0.1) is 16.1 Å². The first kappa shape index (κ1) is 10.4. The van der Waals surface area contributed by atoms with Crippen molar-refractivity contribution in [3.63, 3.8) is 0 Å². The number of nitro groups is 1. The van der Waals surface area contributed by atoms with E-state index in [4.69, 9.17) is 21.9 Å². The maximum atomic E-state index is 10.6. The SMILES string of the molecule is Nc1cnoc1-c1cc([N+](=O)[O-])ccc1Cl. The predicted molar refractivity (Wildman–Crippen MR) is 58.0 cm³/mol. The number of aromatic nitrogens is 1. The number of nitrogens with zero attached hydrogens (tertiary/aromatic N) is 2. The third-order valence-electron chi connectivity index (χ3n) is 2.00. The summed E-state index contributed by atoms with van der Waals surface area (Å²) in [6.07, 6.45) is 1.31. The largest absolute Gasteiger partial charge is 0.394 e. The van der Waals surface area contributed by atoms with Crippen molar-refractivity contribution >= 4 is 23.0 Å². The van der Waals surface area contributed by atoms with E-state index in [0.29, 0.717) is 10.6 Å². The average molecular weight is 240 g/mol. The van der Waals surface area contributed by atoms with Crippen LogP contribution in [-0.4, -0.2) is 10.1 Å². The molecule has 82 valence electrons. The van der Waals surface area contributed by atoms with E-state index in [9.17, 15) is 10.1 Å². The van der Waals surface area contributed by atoms with E-state index < -0.39 is 4.92 Å². The van der Waals surface area contributed by atoms with Gasteiger partial charge in [0.2, 0.25) is 0 Å². The number of hydrogen-bond acceptors (Lipinski definition) is 5. The van der Waals surface area contributed by atoms with Gasteiger partial charge in [0.15, 0.2) is 5.76 Å². The highest BCUT2D eigenvalue weighted by molar-refractivity contribution is 6.33. The van der Waals surface area contributed by atoms with Crippen LogP contribution in [0.1, 0.15) is 0 Å². The molecule has 0 saturated heterocycles. The lowest BCUT2D eigenvalue weighted by Crippen LogP contribution is -1.90. The molecule has 0 fully saturated rings. The topological polar surface area (TPSA) is 95.2 Å². The Morgan fingerprint density at radius 3 is 2.81 bits per heavy atom. The van der Waals surface area contributed by atoms with Gasteiger partial charge in [0.25, 0.3) is 5.69 Å². The van der Waals surface area contributed by atoms with Crippen LogP contribution in [0.3, 0.4) is 0 Å². The number of rotatable bonds is 2. The van der Waals surface area contributed by atoms with Crippen molar-refractivity contribution in [2.75, 3.05) is 5.73 Å². The minimum Gasteiger partial charge on any atom is -0.394 e. The zero-order valence-electron chi connectivity index (χ0n) is 7.88. The van der Waals surface area contributed by atoms with E-state index in [1.807, 2.05) is 0 Å². The first-order valence-corrected chi connectivity index (χ1v) is 4.62. The van der Waals surface area contributed by atoms with Gasteiger partial charge in [0.1, 0.15) is 5.69 Å². The molecule has 6 nitrogen and oxygen atoms in total. The van der Waals surface area contributed by atoms with Gasteiger partial charge in [-0.3, -0.25) is 10.1 Å². The van der Waals surface area contributed by atoms with Gasteiger partial charge < -0.3 is 10.3 Å². The standard InChI is InChI=1S/C9H6ClN3O3/c10-7-2-1-5(13(14)15)3-6(7)9-8(11)4-12-16-9/h1-4H,11H2. The van der Waals surface area contributed by atoms with Crippen LogP contribution in [0.2, 0.25) is 5.02 Å². The summed E-state index contributed by atoms with van der Waals surface area (Å²) in [4.78, 5) is 10.1. The zero-order valence-corrected chi connectivity index (χ0v) is 8.64. The normalized spacial score (nSPS) is 10.3. The second kappa shape index (κ2) is 3.82. The van der Waals surface area contributed by atoms with Crippen molar-refractivity contribution in [2.24, 2.45) is 0 Å². The van der Waals surface area contributed by atoms with Gasteiger partial charge >= 0.3 is 0 Å². The molecule has 0 atom stereocenters. The van der Waals surface area contributed by atoms with Gasteiger partial charge in [-0.05, 0) is 6.07 Å². The molecule has 1 aromatic heterocycles. The maximum absolute atomic E-state index is 10.6. The first-order chi connectivity index (χ1) is 7.59. The summed E-state index contributed by atoms with van der Waals surface area (Å²) in [5, 5.41) is 14.4. The van der Waals surface area contributed by atoms with Crippen LogP contribution >= 0.6 is 11.6 Å². The molecule has 0 bridgehead atoms. The Morgan fingerprint density at radius 2 is 2.25 bits per heavy atom.